The summed E-state index contributed by atoms with van der Waals surface area (Å²) in [5.41, 5.74) is 4.32. The van der Waals surface area contributed by atoms with Crippen LogP contribution < -0.4 is 15.7 Å². The number of hydrogen-bond donors (Lipinski definition) is 1. The molecule has 0 saturated carbocycles. The third-order valence-corrected chi connectivity index (χ3v) is 5.60. The predicted molar refractivity (Wildman–Crippen MR) is 127 cm³/mol. The minimum atomic E-state index is -0.735. The van der Waals surface area contributed by atoms with Gasteiger partial charge in [0, 0.05) is 30.9 Å². The topological polar surface area (TPSA) is 81.4 Å². The van der Waals surface area contributed by atoms with Crippen molar-refractivity contribution in [3.63, 3.8) is 0 Å². The summed E-state index contributed by atoms with van der Waals surface area (Å²) < 4.78 is 11.8. The zero-order chi connectivity index (χ0) is 23.4. The molecule has 2 heterocycles. The number of carbonyl (C=O) groups is 1. The third kappa shape index (κ3) is 5.12. The van der Waals surface area contributed by atoms with Crippen molar-refractivity contribution in [2.24, 2.45) is 0 Å². The first-order valence-electron chi connectivity index (χ1n) is 10.9. The van der Waals surface area contributed by atoms with Gasteiger partial charge in [-0.2, -0.15) is 0 Å². The summed E-state index contributed by atoms with van der Waals surface area (Å²) in [6.45, 7) is 5.88. The maximum atomic E-state index is 12.8. The highest BCUT2D eigenvalue weighted by atomic mass is 16.5. The first-order chi connectivity index (χ1) is 15.9. The number of aromatic nitrogens is 1. The van der Waals surface area contributed by atoms with E-state index in [9.17, 15) is 9.59 Å². The SMILES string of the molecule is Cc1cc(O[C@@H](C)C(=O)NCc2ccncc2)c2c(C)c(Cc3ccccc3)c(=O)oc2c1. The van der Waals surface area contributed by atoms with E-state index in [1.165, 1.54) is 0 Å². The predicted octanol–water partition coefficient (Wildman–Crippen LogP) is 4.48. The van der Waals surface area contributed by atoms with Crippen molar-refractivity contribution in [2.45, 2.75) is 39.8 Å². The van der Waals surface area contributed by atoms with E-state index in [2.05, 4.69) is 10.3 Å². The molecule has 2 aromatic heterocycles. The van der Waals surface area contributed by atoms with Gasteiger partial charge in [0.05, 0.1) is 5.39 Å². The smallest absolute Gasteiger partial charge is 0.340 e. The fraction of sp³-hybridized carbons (Fsp3) is 0.222. The molecule has 4 rings (SSSR count). The highest BCUT2D eigenvalue weighted by Crippen LogP contribution is 2.32. The highest BCUT2D eigenvalue weighted by Gasteiger charge is 2.20. The Balaban J connectivity index is 1.63. The number of ether oxygens (including phenoxy) is 1. The van der Waals surface area contributed by atoms with Gasteiger partial charge in [0.2, 0.25) is 0 Å². The Hall–Kier alpha value is -3.93. The number of aryl methyl sites for hydroxylation is 2. The molecule has 4 aromatic rings. The van der Waals surface area contributed by atoms with E-state index >= 15 is 0 Å². The second kappa shape index (κ2) is 9.69. The van der Waals surface area contributed by atoms with Gasteiger partial charge in [-0.25, -0.2) is 4.79 Å². The number of amides is 1. The van der Waals surface area contributed by atoms with Gasteiger partial charge in [0.25, 0.3) is 5.91 Å². The molecule has 0 bridgehead atoms. The second-order valence-electron chi connectivity index (χ2n) is 8.12. The van der Waals surface area contributed by atoms with Crippen molar-refractivity contribution in [1.82, 2.24) is 10.3 Å². The van der Waals surface area contributed by atoms with Crippen molar-refractivity contribution in [2.75, 3.05) is 0 Å². The summed E-state index contributed by atoms with van der Waals surface area (Å²) in [5, 5.41) is 3.59. The Kier molecular flexibility index (Phi) is 6.54. The largest absolute Gasteiger partial charge is 0.480 e. The number of fused-ring (bicyclic) bond motifs is 1. The Morgan fingerprint density at radius 1 is 1.06 bits per heavy atom. The lowest BCUT2D eigenvalue weighted by atomic mass is 9.98. The maximum Gasteiger partial charge on any atom is 0.340 e. The van der Waals surface area contributed by atoms with E-state index < -0.39 is 6.10 Å². The van der Waals surface area contributed by atoms with Crippen LogP contribution in [-0.4, -0.2) is 17.0 Å². The molecule has 0 fully saturated rings. The highest BCUT2D eigenvalue weighted by molar-refractivity contribution is 5.89. The molecule has 33 heavy (non-hydrogen) atoms. The Morgan fingerprint density at radius 2 is 1.79 bits per heavy atom. The van der Waals surface area contributed by atoms with Gasteiger partial charge in [-0.1, -0.05) is 30.3 Å². The first-order valence-corrected chi connectivity index (χ1v) is 10.9. The third-order valence-electron chi connectivity index (χ3n) is 5.60. The molecular weight excluding hydrogens is 416 g/mol. The van der Waals surface area contributed by atoms with Gasteiger partial charge in [0.15, 0.2) is 6.10 Å². The summed E-state index contributed by atoms with van der Waals surface area (Å²) in [6.07, 6.45) is 3.09. The normalized spacial score (nSPS) is 11.8. The summed E-state index contributed by atoms with van der Waals surface area (Å²) in [5.74, 6) is 0.285. The molecule has 6 nitrogen and oxygen atoms in total. The number of nitrogens with one attached hydrogen (secondary N) is 1. The van der Waals surface area contributed by atoms with E-state index in [-0.39, 0.29) is 11.5 Å². The molecule has 0 aliphatic rings. The molecule has 1 N–H and O–H groups in total. The van der Waals surface area contributed by atoms with Crippen LogP contribution in [0.3, 0.4) is 0 Å². The molecular formula is C27H26N2O4. The van der Waals surface area contributed by atoms with Crippen LogP contribution in [-0.2, 0) is 17.8 Å². The van der Waals surface area contributed by atoms with Crippen LogP contribution in [0.4, 0.5) is 0 Å². The van der Waals surface area contributed by atoms with Gasteiger partial charge in [-0.3, -0.25) is 9.78 Å². The van der Waals surface area contributed by atoms with Crippen LogP contribution in [0.25, 0.3) is 11.0 Å². The molecule has 2 aromatic carbocycles. The maximum absolute atomic E-state index is 12.8. The molecule has 0 saturated heterocycles. The lowest BCUT2D eigenvalue weighted by Gasteiger charge is -2.18. The lowest BCUT2D eigenvalue weighted by molar-refractivity contribution is -0.127. The summed E-state index contributed by atoms with van der Waals surface area (Å²) in [4.78, 5) is 29.4. The number of pyridine rings is 1. The van der Waals surface area contributed by atoms with Crippen molar-refractivity contribution < 1.29 is 13.9 Å². The molecule has 6 heteroatoms. The lowest BCUT2D eigenvalue weighted by Crippen LogP contribution is -2.36. The summed E-state index contributed by atoms with van der Waals surface area (Å²) in [7, 11) is 0. The number of carbonyl (C=O) groups excluding carboxylic acids is 1. The van der Waals surface area contributed by atoms with E-state index in [1.807, 2.05) is 68.4 Å². The van der Waals surface area contributed by atoms with Crippen molar-refractivity contribution >= 4 is 16.9 Å². The molecule has 0 radical (unpaired) electrons. The number of rotatable bonds is 7. The van der Waals surface area contributed by atoms with Crippen LogP contribution in [0.5, 0.6) is 5.75 Å². The van der Waals surface area contributed by atoms with Gasteiger partial charge < -0.3 is 14.5 Å². The minimum Gasteiger partial charge on any atom is -0.480 e. The van der Waals surface area contributed by atoms with Crippen LogP contribution in [0.1, 0.15) is 34.7 Å². The number of hydrogen-bond acceptors (Lipinski definition) is 5. The molecule has 1 amide bonds. The van der Waals surface area contributed by atoms with Gasteiger partial charge in [-0.05, 0) is 67.3 Å². The average Bonchev–Trinajstić information content (AvgIpc) is 2.81. The summed E-state index contributed by atoms with van der Waals surface area (Å²) >= 11 is 0. The number of benzene rings is 2. The Labute approximate surface area is 192 Å². The van der Waals surface area contributed by atoms with Crippen molar-refractivity contribution in [1.29, 1.82) is 0 Å². The zero-order valence-electron chi connectivity index (χ0n) is 18.9. The second-order valence-corrected chi connectivity index (χ2v) is 8.12. The molecule has 1 atom stereocenters. The van der Waals surface area contributed by atoms with Crippen LogP contribution in [0.15, 0.2) is 76.2 Å². The molecule has 168 valence electrons. The zero-order valence-corrected chi connectivity index (χ0v) is 18.9. The van der Waals surface area contributed by atoms with Gasteiger partial charge in [0.1, 0.15) is 11.3 Å². The summed E-state index contributed by atoms with van der Waals surface area (Å²) in [6, 6.07) is 17.2. The van der Waals surface area contributed by atoms with E-state index in [0.717, 1.165) is 22.3 Å². The Morgan fingerprint density at radius 3 is 2.52 bits per heavy atom. The van der Waals surface area contributed by atoms with Gasteiger partial charge in [-0.15, -0.1) is 0 Å². The van der Waals surface area contributed by atoms with Crippen molar-refractivity contribution in [3.05, 3.63) is 105 Å². The van der Waals surface area contributed by atoms with Crippen LogP contribution >= 0.6 is 0 Å². The Bertz CT molecular complexity index is 1330. The van der Waals surface area contributed by atoms with E-state index in [0.29, 0.717) is 35.2 Å². The monoisotopic (exact) mass is 442 g/mol. The minimum absolute atomic E-state index is 0.235. The molecule has 0 aliphatic heterocycles. The van der Waals surface area contributed by atoms with E-state index in [1.54, 1.807) is 19.3 Å². The van der Waals surface area contributed by atoms with Gasteiger partial charge >= 0.3 is 5.63 Å². The fourth-order valence-corrected chi connectivity index (χ4v) is 3.81. The molecule has 0 unspecified atom stereocenters. The first kappa shape index (κ1) is 22.3. The van der Waals surface area contributed by atoms with E-state index in [4.69, 9.17) is 9.15 Å². The van der Waals surface area contributed by atoms with Crippen molar-refractivity contribution in [3.8, 4) is 5.75 Å². The van der Waals surface area contributed by atoms with Crippen LogP contribution in [0.2, 0.25) is 0 Å². The average molecular weight is 443 g/mol. The standard InChI is InChI=1S/C27H26N2O4/c1-17-13-23(32-19(3)26(30)29-16-21-9-11-28-12-10-21)25-18(2)22(27(31)33-24(25)14-17)15-20-7-5-4-6-8-20/h4-14,19H,15-16H2,1-3H3,(H,29,30)/t19-/m0/s1. The molecule has 0 spiro atoms. The van der Waals surface area contributed by atoms with Crippen LogP contribution in [0, 0.1) is 13.8 Å². The fourth-order valence-electron chi connectivity index (χ4n) is 3.81. The number of nitrogens with zero attached hydrogens (tertiary/aromatic N) is 1. The quantitative estimate of drug-likeness (QED) is 0.427. The molecule has 0 aliphatic carbocycles.